The highest BCUT2D eigenvalue weighted by molar-refractivity contribution is 7.17. The lowest BCUT2D eigenvalue weighted by Crippen LogP contribution is -2.47. The van der Waals surface area contributed by atoms with Crippen molar-refractivity contribution >= 4 is 27.4 Å². The standard InChI is InChI=1S/C17H22N6S/c1-21-12-14(11-20-21)3-2-5-22-6-8-23(9-7-22)17-16-15(4-10-24-16)18-13-19-17/h4,10-13H,2-3,5-9H2,1H3. The molecule has 1 fully saturated rings. The molecule has 6 nitrogen and oxygen atoms in total. The summed E-state index contributed by atoms with van der Waals surface area (Å²) in [6.45, 7) is 5.43. The quantitative estimate of drug-likeness (QED) is 0.711. The number of nitrogens with zero attached hydrogens (tertiary/aromatic N) is 6. The smallest absolute Gasteiger partial charge is 0.150 e. The molecule has 0 saturated carbocycles. The van der Waals surface area contributed by atoms with Gasteiger partial charge in [-0.3, -0.25) is 9.58 Å². The monoisotopic (exact) mass is 342 g/mol. The number of hydrogen-bond donors (Lipinski definition) is 0. The molecule has 0 radical (unpaired) electrons. The van der Waals surface area contributed by atoms with Gasteiger partial charge in [-0.15, -0.1) is 11.3 Å². The summed E-state index contributed by atoms with van der Waals surface area (Å²) in [4.78, 5) is 13.8. The molecule has 7 heteroatoms. The van der Waals surface area contributed by atoms with Gasteiger partial charge in [-0.1, -0.05) is 0 Å². The number of thiophene rings is 1. The topological polar surface area (TPSA) is 50.1 Å². The van der Waals surface area contributed by atoms with Gasteiger partial charge >= 0.3 is 0 Å². The highest BCUT2D eigenvalue weighted by Gasteiger charge is 2.20. The lowest BCUT2D eigenvalue weighted by molar-refractivity contribution is 0.255. The van der Waals surface area contributed by atoms with Crippen LogP contribution in [0.4, 0.5) is 5.82 Å². The second-order valence-corrected chi connectivity index (χ2v) is 7.20. The zero-order valence-corrected chi connectivity index (χ0v) is 14.7. The molecular formula is C17H22N6S. The van der Waals surface area contributed by atoms with Gasteiger partial charge in [-0.25, -0.2) is 9.97 Å². The van der Waals surface area contributed by atoms with E-state index >= 15 is 0 Å². The SMILES string of the molecule is Cn1cc(CCCN2CCN(c3ncnc4ccsc34)CC2)cn1. The molecule has 4 rings (SSSR count). The summed E-state index contributed by atoms with van der Waals surface area (Å²) in [7, 11) is 1.97. The summed E-state index contributed by atoms with van der Waals surface area (Å²) in [5.74, 6) is 1.10. The molecule has 0 bridgehead atoms. The van der Waals surface area contributed by atoms with Crippen LogP contribution in [-0.4, -0.2) is 57.4 Å². The van der Waals surface area contributed by atoms with Gasteiger partial charge in [0.05, 0.1) is 16.4 Å². The first-order valence-electron chi connectivity index (χ1n) is 8.42. The predicted octanol–water partition coefficient (Wildman–Crippen LogP) is 2.18. The van der Waals surface area contributed by atoms with E-state index < -0.39 is 0 Å². The van der Waals surface area contributed by atoms with E-state index in [1.54, 1.807) is 17.7 Å². The van der Waals surface area contributed by atoms with Crippen LogP contribution in [0.1, 0.15) is 12.0 Å². The van der Waals surface area contributed by atoms with Gasteiger partial charge in [0.1, 0.15) is 12.1 Å². The molecule has 0 amide bonds. The molecular weight excluding hydrogens is 320 g/mol. The number of aromatic nitrogens is 4. The van der Waals surface area contributed by atoms with Crippen molar-refractivity contribution in [3.63, 3.8) is 0 Å². The van der Waals surface area contributed by atoms with E-state index in [4.69, 9.17) is 0 Å². The molecule has 4 heterocycles. The number of rotatable bonds is 5. The second kappa shape index (κ2) is 6.86. The average Bonchev–Trinajstić information content (AvgIpc) is 3.24. The first-order valence-corrected chi connectivity index (χ1v) is 9.30. The second-order valence-electron chi connectivity index (χ2n) is 6.29. The number of fused-ring (bicyclic) bond motifs is 1. The Balaban J connectivity index is 1.29. The summed E-state index contributed by atoms with van der Waals surface area (Å²) in [5.41, 5.74) is 2.39. The molecule has 3 aromatic rings. The van der Waals surface area contributed by atoms with Crippen LogP contribution in [0.15, 0.2) is 30.2 Å². The van der Waals surface area contributed by atoms with Crippen LogP contribution in [0.2, 0.25) is 0 Å². The minimum absolute atomic E-state index is 1.04. The number of anilines is 1. The van der Waals surface area contributed by atoms with Gasteiger partial charge in [-0.05, 0) is 36.4 Å². The van der Waals surface area contributed by atoms with E-state index in [1.807, 2.05) is 17.9 Å². The fourth-order valence-electron chi connectivity index (χ4n) is 3.29. The number of hydrogen-bond acceptors (Lipinski definition) is 6. The van der Waals surface area contributed by atoms with Crippen molar-refractivity contribution in [2.75, 3.05) is 37.6 Å². The van der Waals surface area contributed by atoms with Gasteiger partial charge in [-0.2, -0.15) is 5.10 Å². The van der Waals surface area contributed by atoms with Crippen molar-refractivity contribution in [2.45, 2.75) is 12.8 Å². The highest BCUT2D eigenvalue weighted by atomic mass is 32.1. The van der Waals surface area contributed by atoms with Crippen LogP contribution in [-0.2, 0) is 13.5 Å². The molecule has 0 spiro atoms. The van der Waals surface area contributed by atoms with Gasteiger partial charge in [0.25, 0.3) is 0 Å². The Morgan fingerprint density at radius 2 is 2.04 bits per heavy atom. The third-order valence-electron chi connectivity index (χ3n) is 4.59. The number of piperazine rings is 1. The van der Waals surface area contributed by atoms with Gasteiger partial charge < -0.3 is 4.90 Å². The zero-order valence-electron chi connectivity index (χ0n) is 13.9. The Labute approximate surface area is 145 Å². The first-order chi connectivity index (χ1) is 11.8. The lowest BCUT2D eigenvalue weighted by Gasteiger charge is -2.35. The first kappa shape index (κ1) is 15.5. The maximum Gasteiger partial charge on any atom is 0.150 e. The van der Waals surface area contributed by atoms with E-state index in [0.717, 1.165) is 50.5 Å². The van der Waals surface area contributed by atoms with Crippen LogP contribution in [0.3, 0.4) is 0 Å². The van der Waals surface area contributed by atoms with E-state index in [9.17, 15) is 0 Å². The summed E-state index contributed by atoms with van der Waals surface area (Å²) < 4.78 is 3.09. The van der Waals surface area contributed by atoms with Crippen LogP contribution in [0.5, 0.6) is 0 Å². The molecule has 0 unspecified atom stereocenters. The summed E-state index contributed by atoms with van der Waals surface area (Å²) >= 11 is 1.73. The Kier molecular flexibility index (Phi) is 4.44. The Bertz CT molecular complexity index is 802. The molecule has 0 N–H and O–H groups in total. The average molecular weight is 342 g/mol. The van der Waals surface area contributed by atoms with Crippen LogP contribution >= 0.6 is 11.3 Å². The normalized spacial score (nSPS) is 16.1. The third-order valence-corrected chi connectivity index (χ3v) is 5.49. The minimum atomic E-state index is 1.04. The number of aryl methyl sites for hydroxylation is 2. The van der Waals surface area contributed by atoms with Gasteiger partial charge in [0.15, 0.2) is 0 Å². The van der Waals surface area contributed by atoms with Crippen molar-refractivity contribution in [3.05, 3.63) is 35.7 Å². The molecule has 1 saturated heterocycles. The Morgan fingerprint density at radius 1 is 1.17 bits per heavy atom. The summed E-state index contributed by atoms with van der Waals surface area (Å²) in [5, 5.41) is 6.33. The van der Waals surface area contributed by atoms with Crippen LogP contribution < -0.4 is 4.90 Å². The van der Waals surface area contributed by atoms with Crippen molar-refractivity contribution in [1.29, 1.82) is 0 Å². The van der Waals surface area contributed by atoms with Gasteiger partial charge in [0.2, 0.25) is 0 Å². The van der Waals surface area contributed by atoms with E-state index in [0.29, 0.717) is 0 Å². The van der Waals surface area contributed by atoms with E-state index in [1.165, 1.54) is 16.7 Å². The fraction of sp³-hybridized carbons (Fsp3) is 0.471. The molecule has 0 atom stereocenters. The van der Waals surface area contributed by atoms with Crippen molar-refractivity contribution in [1.82, 2.24) is 24.6 Å². The zero-order chi connectivity index (χ0) is 16.4. The maximum atomic E-state index is 4.53. The Morgan fingerprint density at radius 3 is 2.83 bits per heavy atom. The van der Waals surface area contributed by atoms with Crippen molar-refractivity contribution in [2.24, 2.45) is 7.05 Å². The highest BCUT2D eigenvalue weighted by Crippen LogP contribution is 2.28. The predicted molar refractivity (Wildman–Crippen MR) is 97.6 cm³/mol. The molecule has 126 valence electrons. The largest absolute Gasteiger partial charge is 0.353 e. The maximum absolute atomic E-state index is 4.53. The minimum Gasteiger partial charge on any atom is -0.353 e. The molecule has 0 aromatic carbocycles. The van der Waals surface area contributed by atoms with Crippen molar-refractivity contribution in [3.8, 4) is 0 Å². The molecule has 3 aromatic heterocycles. The molecule has 0 aliphatic carbocycles. The van der Waals surface area contributed by atoms with Gasteiger partial charge in [0, 0.05) is 39.4 Å². The molecule has 24 heavy (non-hydrogen) atoms. The summed E-state index contributed by atoms with van der Waals surface area (Å²) in [6, 6.07) is 2.07. The Hall–Kier alpha value is -1.99. The van der Waals surface area contributed by atoms with Crippen LogP contribution in [0, 0.1) is 0 Å². The van der Waals surface area contributed by atoms with E-state index in [-0.39, 0.29) is 0 Å². The third kappa shape index (κ3) is 3.27. The summed E-state index contributed by atoms with van der Waals surface area (Å²) in [6.07, 6.45) is 8.06. The van der Waals surface area contributed by atoms with Crippen LogP contribution in [0.25, 0.3) is 10.2 Å². The van der Waals surface area contributed by atoms with Crippen molar-refractivity contribution < 1.29 is 0 Å². The molecule has 1 aliphatic rings. The lowest BCUT2D eigenvalue weighted by atomic mass is 10.2. The van der Waals surface area contributed by atoms with E-state index in [2.05, 4.69) is 42.5 Å². The molecule has 1 aliphatic heterocycles. The fourth-order valence-corrected chi connectivity index (χ4v) is 4.15.